The van der Waals surface area contributed by atoms with Gasteiger partial charge in [0, 0.05) is 0 Å². The van der Waals surface area contributed by atoms with Gasteiger partial charge in [-0.3, -0.25) is 0 Å². The Labute approximate surface area is 113 Å². The molecule has 4 rings (SSSR count). The molecule has 0 amide bonds. The second-order valence-electron chi connectivity index (χ2n) is 8.62. The first kappa shape index (κ1) is 11.8. The van der Waals surface area contributed by atoms with Crippen LogP contribution in [0.25, 0.3) is 0 Å². The van der Waals surface area contributed by atoms with Crippen molar-refractivity contribution in [3.8, 4) is 0 Å². The molecule has 0 aromatic heterocycles. The average Bonchev–Trinajstić information content (AvgIpc) is 3.07. The second kappa shape index (κ2) is 3.76. The van der Waals surface area contributed by atoms with Gasteiger partial charge in [-0.05, 0) is 91.8 Å². The maximum Gasteiger partial charge on any atom is -0.0266 e. The van der Waals surface area contributed by atoms with E-state index < -0.39 is 0 Å². The van der Waals surface area contributed by atoms with Gasteiger partial charge in [-0.25, -0.2) is 0 Å². The SMILES string of the molecule is C[C@H]1[C@H]2CC[C@H](C2)[C@@H]1C[C@@]1(C)[C@H]2CC[C@H](C2)[C@@H]1C. The molecule has 4 aliphatic carbocycles. The van der Waals surface area contributed by atoms with Crippen LogP contribution < -0.4 is 0 Å². The molecule has 0 radical (unpaired) electrons. The molecule has 4 bridgehead atoms. The molecular formula is C18H30. The number of rotatable bonds is 2. The molecular weight excluding hydrogens is 216 g/mol. The number of hydrogen-bond donors (Lipinski definition) is 0. The van der Waals surface area contributed by atoms with E-state index in [9.17, 15) is 0 Å². The maximum absolute atomic E-state index is 2.67. The molecule has 0 N–H and O–H groups in total. The third-order valence-electron chi connectivity index (χ3n) is 8.37. The van der Waals surface area contributed by atoms with Gasteiger partial charge in [0.15, 0.2) is 0 Å². The summed E-state index contributed by atoms with van der Waals surface area (Å²) >= 11 is 0. The van der Waals surface area contributed by atoms with Gasteiger partial charge in [-0.15, -0.1) is 0 Å². The monoisotopic (exact) mass is 246 g/mol. The van der Waals surface area contributed by atoms with Gasteiger partial charge < -0.3 is 0 Å². The van der Waals surface area contributed by atoms with E-state index in [-0.39, 0.29) is 0 Å². The normalized spacial score (nSPS) is 61.8. The van der Waals surface area contributed by atoms with E-state index in [0.717, 1.165) is 41.4 Å². The molecule has 4 fully saturated rings. The van der Waals surface area contributed by atoms with Gasteiger partial charge in [-0.2, -0.15) is 0 Å². The number of fused-ring (bicyclic) bond motifs is 4. The van der Waals surface area contributed by atoms with Crippen LogP contribution in [0, 0.1) is 46.8 Å². The van der Waals surface area contributed by atoms with E-state index >= 15 is 0 Å². The molecule has 0 heterocycles. The Hall–Kier alpha value is 0. The van der Waals surface area contributed by atoms with Crippen LogP contribution in [0.4, 0.5) is 0 Å². The molecule has 0 saturated heterocycles. The van der Waals surface area contributed by atoms with Crippen molar-refractivity contribution in [3.05, 3.63) is 0 Å². The van der Waals surface area contributed by atoms with Crippen molar-refractivity contribution in [2.24, 2.45) is 46.8 Å². The van der Waals surface area contributed by atoms with Gasteiger partial charge in [0.25, 0.3) is 0 Å². The summed E-state index contributed by atoms with van der Waals surface area (Å²) in [6.07, 6.45) is 11.0. The van der Waals surface area contributed by atoms with Crippen molar-refractivity contribution in [1.82, 2.24) is 0 Å². The van der Waals surface area contributed by atoms with Crippen LogP contribution in [-0.4, -0.2) is 0 Å². The zero-order valence-electron chi connectivity index (χ0n) is 12.5. The highest BCUT2D eigenvalue weighted by molar-refractivity contribution is 5.05. The Balaban J connectivity index is 1.54. The van der Waals surface area contributed by atoms with Gasteiger partial charge in [-0.1, -0.05) is 20.8 Å². The van der Waals surface area contributed by atoms with Crippen LogP contribution in [0.1, 0.15) is 65.7 Å². The average molecular weight is 246 g/mol. The Morgan fingerprint density at radius 3 is 2.22 bits per heavy atom. The molecule has 0 unspecified atom stereocenters. The van der Waals surface area contributed by atoms with Crippen LogP contribution in [0.5, 0.6) is 0 Å². The zero-order valence-corrected chi connectivity index (χ0v) is 12.5. The second-order valence-corrected chi connectivity index (χ2v) is 8.62. The Morgan fingerprint density at radius 2 is 1.61 bits per heavy atom. The molecule has 18 heavy (non-hydrogen) atoms. The topological polar surface area (TPSA) is 0 Å². The molecule has 4 aliphatic rings. The Morgan fingerprint density at radius 1 is 0.889 bits per heavy atom. The fraction of sp³-hybridized carbons (Fsp3) is 1.00. The highest BCUT2D eigenvalue weighted by Gasteiger charge is 2.56. The summed E-state index contributed by atoms with van der Waals surface area (Å²) in [5.74, 6) is 7.56. The molecule has 0 spiro atoms. The third-order valence-corrected chi connectivity index (χ3v) is 8.37. The van der Waals surface area contributed by atoms with Gasteiger partial charge in [0.2, 0.25) is 0 Å². The summed E-state index contributed by atoms with van der Waals surface area (Å²) < 4.78 is 0. The van der Waals surface area contributed by atoms with E-state index in [1.165, 1.54) is 0 Å². The molecule has 0 heteroatoms. The molecule has 8 atom stereocenters. The van der Waals surface area contributed by atoms with Crippen LogP contribution in [0.15, 0.2) is 0 Å². The molecule has 0 nitrogen and oxygen atoms in total. The van der Waals surface area contributed by atoms with Crippen molar-refractivity contribution < 1.29 is 0 Å². The summed E-state index contributed by atoms with van der Waals surface area (Å²) in [6.45, 7) is 7.83. The minimum atomic E-state index is 0.715. The van der Waals surface area contributed by atoms with Crippen LogP contribution in [0.2, 0.25) is 0 Å². The van der Waals surface area contributed by atoms with Gasteiger partial charge in [0.1, 0.15) is 0 Å². The third kappa shape index (κ3) is 1.38. The summed E-state index contributed by atoms with van der Waals surface area (Å²) in [5, 5.41) is 0. The lowest BCUT2D eigenvalue weighted by atomic mass is 9.61. The molecule has 0 aromatic rings. The lowest BCUT2D eigenvalue weighted by Crippen LogP contribution is -2.36. The fourth-order valence-corrected chi connectivity index (χ4v) is 6.89. The predicted octanol–water partition coefficient (Wildman–Crippen LogP) is 5.13. The van der Waals surface area contributed by atoms with Gasteiger partial charge >= 0.3 is 0 Å². The largest absolute Gasteiger partial charge is 0.0620 e. The lowest BCUT2D eigenvalue weighted by molar-refractivity contribution is 0.0499. The first-order valence-corrected chi connectivity index (χ1v) is 8.59. The van der Waals surface area contributed by atoms with Crippen LogP contribution >= 0.6 is 0 Å². The quantitative estimate of drug-likeness (QED) is 0.633. The molecule has 0 aliphatic heterocycles. The standard InChI is InChI=1S/C18H30/c1-11-13-4-5-15(8-13)17(11)10-18(3)12(2)14-6-7-16(18)9-14/h11-17H,4-10H2,1-3H3/t11-,12-,13-,14+,15+,16-,17+,18+/m0/s1. The van der Waals surface area contributed by atoms with Crippen molar-refractivity contribution in [1.29, 1.82) is 0 Å². The van der Waals surface area contributed by atoms with Crippen molar-refractivity contribution in [2.45, 2.75) is 65.7 Å². The maximum atomic E-state index is 2.67. The molecule has 0 aromatic carbocycles. The van der Waals surface area contributed by atoms with E-state index in [1.54, 1.807) is 44.9 Å². The Kier molecular flexibility index (Phi) is 2.47. The van der Waals surface area contributed by atoms with E-state index in [2.05, 4.69) is 20.8 Å². The van der Waals surface area contributed by atoms with Gasteiger partial charge in [0.05, 0.1) is 0 Å². The van der Waals surface area contributed by atoms with Crippen molar-refractivity contribution in [3.63, 3.8) is 0 Å². The first-order chi connectivity index (χ1) is 8.59. The minimum absolute atomic E-state index is 0.715. The van der Waals surface area contributed by atoms with Crippen molar-refractivity contribution >= 4 is 0 Å². The summed E-state index contributed by atoms with van der Waals surface area (Å²) in [6, 6.07) is 0. The van der Waals surface area contributed by atoms with Crippen molar-refractivity contribution in [2.75, 3.05) is 0 Å². The fourth-order valence-electron chi connectivity index (χ4n) is 6.89. The van der Waals surface area contributed by atoms with Crippen LogP contribution in [-0.2, 0) is 0 Å². The smallest absolute Gasteiger partial charge is 0.0266 e. The Bertz CT molecular complexity index is 340. The molecule has 4 saturated carbocycles. The summed E-state index contributed by atoms with van der Waals surface area (Å²) in [4.78, 5) is 0. The predicted molar refractivity (Wildman–Crippen MR) is 76.2 cm³/mol. The zero-order chi connectivity index (χ0) is 12.5. The highest BCUT2D eigenvalue weighted by Crippen LogP contribution is 2.65. The lowest BCUT2D eigenvalue weighted by Gasteiger charge is -2.44. The summed E-state index contributed by atoms with van der Waals surface area (Å²) in [5.41, 5.74) is 0.715. The van der Waals surface area contributed by atoms with E-state index in [4.69, 9.17) is 0 Å². The van der Waals surface area contributed by atoms with E-state index in [0.29, 0.717) is 5.41 Å². The first-order valence-electron chi connectivity index (χ1n) is 8.59. The molecule has 102 valence electrons. The minimum Gasteiger partial charge on any atom is -0.0620 e. The number of hydrogen-bond acceptors (Lipinski definition) is 0. The summed E-state index contributed by atoms with van der Waals surface area (Å²) in [7, 11) is 0. The van der Waals surface area contributed by atoms with E-state index in [1.807, 2.05) is 0 Å². The van der Waals surface area contributed by atoms with Crippen LogP contribution in [0.3, 0.4) is 0 Å². The highest BCUT2D eigenvalue weighted by atomic mass is 14.6.